The number of aryl methyl sites for hydroxylation is 1. The van der Waals surface area contributed by atoms with E-state index in [4.69, 9.17) is 0 Å². The SMILES string of the molecule is C[C@H]([C@H](O)CC(=C1CCCC1)C(C)(C)CCn1ccnc1)[C@H]1CC[C@@]2(O)C3=CC(=O)[C@@H]4C[C@@H](O)[C@@H](O)C[C@]4(C)[C@H]3CC[C@]12C. The van der Waals surface area contributed by atoms with E-state index >= 15 is 0 Å². The number of allylic oxidation sites excluding steroid dienone is 2. The Morgan fingerprint density at radius 1 is 1.11 bits per heavy atom. The number of hydrogen-bond acceptors (Lipinski definition) is 6. The van der Waals surface area contributed by atoms with Crippen LogP contribution in [0.5, 0.6) is 0 Å². The molecule has 4 N–H and O–H groups in total. The highest BCUT2D eigenvalue weighted by atomic mass is 16.3. The number of aromatic nitrogens is 2. The quantitative estimate of drug-likeness (QED) is 0.279. The van der Waals surface area contributed by atoms with Gasteiger partial charge in [-0.05, 0) is 117 Å². The summed E-state index contributed by atoms with van der Waals surface area (Å²) in [6.07, 6.45) is 15.3. The average Bonchev–Trinajstić information content (AvgIpc) is 3.73. The Balaban J connectivity index is 1.23. The number of aliphatic hydroxyl groups is 4. The Bertz CT molecular complexity index is 1290. The minimum atomic E-state index is -1.10. The lowest BCUT2D eigenvalue weighted by Gasteiger charge is -2.60. The average molecular weight is 609 g/mol. The summed E-state index contributed by atoms with van der Waals surface area (Å²) in [5, 5.41) is 45.6. The van der Waals surface area contributed by atoms with Crippen molar-refractivity contribution in [2.24, 2.45) is 39.9 Å². The van der Waals surface area contributed by atoms with Crippen molar-refractivity contribution in [2.75, 3.05) is 0 Å². The molecule has 0 unspecified atom stereocenters. The molecule has 0 aromatic carbocycles. The van der Waals surface area contributed by atoms with Gasteiger partial charge in [-0.25, -0.2) is 4.98 Å². The van der Waals surface area contributed by atoms with Gasteiger partial charge in [0.15, 0.2) is 5.78 Å². The third-order valence-corrected chi connectivity index (χ3v) is 13.8. The molecule has 0 saturated heterocycles. The van der Waals surface area contributed by atoms with E-state index in [0.717, 1.165) is 50.6 Å². The van der Waals surface area contributed by atoms with Crippen molar-refractivity contribution < 1.29 is 25.2 Å². The summed E-state index contributed by atoms with van der Waals surface area (Å²) in [6, 6.07) is 0. The third kappa shape index (κ3) is 5.09. The Labute approximate surface area is 263 Å². The number of hydrogen-bond donors (Lipinski definition) is 4. The van der Waals surface area contributed by atoms with E-state index in [-0.39, 0.29) is 41.3 Å². The van der Waals surface area contributed by atoms with Crippen LogP contribution in [0.3, 0.4) is 0 Å². The first kappa shape index (κ1) is 32.2. The molecule has 0 spiro atoms. The fourth-order valence-corrected chi connectivity index (χ4v) is 10.9. The maximum atomic E-state index is 13.5. The number of carbonyl (C=O) groups excluding carboxylic acids is 1. The zero-order valence-electron chi connectivity index (χ0n) is 27.6. The minimum absolute atomic E-state index is 0.00176. The van der Waals surface area contributed by atoms with Crippen LogP contribution in [0.15, 0.2) is 41.5 Å². The molecule has 4 saturated carbocycles. The molecule has 0 aliphatic heterocycles. The van der Waals surface area contributed by atoms with Gasteiger partial charge >= 0.3 is 0 Å². The van der Waals surface area contributed by atoms with Gasteiger partial charge in [-0.1, -0.05) is 45.8 Å². The highest BCUT2D eigenvalue weighted by molar-refractivity contribution is 5.95. The zero-order chi connectivity index (χ0) is 31.7. The number of fused-ring (bicyclic) bond motifs is 5. The third-order valence-electron chi connectivity index (χ3n) is 13.8. The summed E-state index contributed by atoms with van der Waals surface area (Å²) < 4.78 is 2.14. The van der Waals surface area contributed by atoms with Crippen molar-refractivity contribution in [3.63, 3.8) is 0 Å². The first-order valence-electron chi connectivity index (χ1n) is 17.4. The summed E-state index contributed by atoms with van der Waals surface area (Å²) in [5.74, 6) is -0.182. The Morgan fingerprint density at radius 2 is 1.84 bits per heavy atom. The number of rotatable bonds is 8. The minimum Gasteiger partial charge on any atom is -0.393 e. The number of ketones is 1. The fraction of sp³-hybridized carbons (Fsp3) is 0.784. The van der Waals surface area contributed by atoms with Gasteiger partial charge in [-0.2, -0.15) is 0 Å². The number of nitrogens with zero attached hydrogens (tertiary/aromatic N) is 2. The Morgan fingerprint density at radius 3 is 2.52 bits per heavy atom. The summed E-state index contributed by atoms with van der Waals surface area (Å²) in [5.41, 5.74) is 1.77. The number of carbonyl (C=O) groups is 1. The van der Waals surface area contributed by atoms with Crippen LogP contribution in [-0.4, -0.2) is 59.7 Å². The molecule has 244 valence electrons. The monoisotopic (exact) mass is 608 g/mol. The lowest BCUT2D eigenvalue weighted by atomic mass is 9.46. The van der Waals surface area contributed by atoms with E-state index in [1.807, 2.05) is 18.7 Å². The molecule has 0 amide bonds. The summed E-state index contributed by atoms with van der Waals surface area (Å²) in [4.78, 5) is 17.8. The van der Waals surface area contributed by atoms with Gasteiger partial charge in [0, 0.05) is 30.3 Å². The van der Waals surface area contributed by atoms with Gasteiger partial charge in [0.05, 0.1) is 30.2 Å². The molecular weight excluding hydrogens is 552 g/mol. The van der Waals surface area contributed by atoms with E-state index in [1.54, 1.807) is 6.08 Å². The molecule has 7 heteroatoms. The maximum absolute atomic E-state index is 13.5. The van der Waals surface area contributed by atoms with Crippen LogP contribution in [0, 0.1) is 39.9 Å². The van der Waals surface area contributed by atoms with Gasteiger partial charge in [0.25, 0.3) is 0 Å². The zero-order valence-corrected chi connectivity index (χ0v) is 27.6. The molecule has 10 atom stereocenters. The highest BCUT2D eigenvalue weighted by Crippen LogP contribution is 2.68. The predicted octanol–water partition coefficient (Wildman–Crippen LogP) is 5.76. The molecule has 6 rings (SSSR count). The largest absolute Gasteiger partial charge is 0.393 e. The van der Waals surface area contributed by atoms with Crippen molar-refractivity contribution in [1.82, 2.24) is 9.55 Å². The maximum Gasteiger partial charge on any atom is 0.159 e. The topological polar surface area (TPSA) is 116 Å². The number of imidazole rings is 1. The molecule has 1 aromatic rings. The van der Waals surface area contributed by atoms with Gasteiger partial charge in [-0.15, -0.1) is 0 Å². The first-order valence-corrected chi connectivity index (χ1v) is 17.4. The molecule has 5 aliphatic rings. The van der Waals surface area contributed by atoms with Crippen LogP contribution in [0.25, 0.3) is 0 Å². The van der Waals surface area contributed by atoms with E-state index in [1.165, 1.54) is 24.0 Å². The molecule has 4 fully saturated rings. The highest BCUT2D eigenvalue weighted by Gasteiger charge is 2.67. The van der Waals surface area contributed by atoms with Crippen molar-refractivity contribution in [3.05, 3.63) is 41.5 Å². The van der Waals surface area contributed by atoms with Crippen LogP contribution in [-0.2, 0) is 11.3 Å². The molecule has 1 aromatic heterocycles. The Hall–Kier alpha value is -1.80. The van der Waals surface area contributed by atoms with E-state index in [0.29, 0.717) is 19.3 Å². The second-order valence-electron chi connectivity index (χ2n) is 16.5. The molecule has 44 heavy (non-hydrogen) atoms. The van der Waals surface area contributed by atoms with Gasteiger partial charge < -0.3 is 25.0 Å². The number of aliphatic hydroxyl groups excluding tert-OH is 3. The molecular formula is C37H56N2O5. The summed E-state index contributed by atoms with van der Waals surface area (Å²) in [7, 11) is 0. The van der Waals surface area contributed by atoms with Crippen LogP contribution in [0.1, 0.15) is 112 Å². The van der Waals surface area contributed by atoms with Gasteiger partial charge in [0.1, 0.15) is 0 Å². The van der Waals surface area contributed by atoms with Gasteiger partial charge in [-0.3, -0.25) is 4.79 Å². The molecule has 5 aliphatic carbocycles. The lowest BCUT2D eigenvalue weighted by molar-refractivity contribution is -0.154. The smallest absolute Gasteiger partial charge is 0.159 e. The van der Waals surface area contributed by atoms with Crippen molar-refractivity contribution in [2.45, 2.75) is 142 Å². The lowest BCUT2D eigenvalue weighted by Crippen LogP contribution is -2.61. The summed E-state index contributed by atoms with van der Waals surface area (Å²) in [6.45, 7) is 12.0. The van der Waals surface area contributed by atoms with Crippen molar-refractivity contribution in [1.29, 1.82) is 0 Å². The normalized spacial score (nSPS) is 40.2. The summed E-state index contributed by atoms with van der Waals surface area (Å²) >= 11 is 0. The predicted molar refractivity (Wildman–Crippen MR) is 170 cm³/mol. The molecule has 1 heterocycles. The molecule has 7 nitrogen and oxygen atoms in total. The Kier molecular flexibility index (Phi) is 8.38. The van der Waals surface area contributed by atoms with Crippen molar-refractivity contribution >= 4 is 5.78 Å². The fourth-order valence-electron chi connectivity index (χ4n) is 10.9. The molecule has 0 radical (unpaired) electrons. The van der Waals surface area contributed by atoms with Crippen LogP contribution >= 0.6 is 0 Å². The van der Waals surface area contributed by atoms with Crippen LogP contribution < -0.4 is 0 Å². The van der Waals surface area contributed by atoms with Crippen molar-refractivity contribution in [3.8, 4) is 0 Å². The second kappa shape index (κ2) is 11.5. The van der Waals surface area contributed by atoms with Crippen LogP contribution in [0.2, 0.25) is 0 Å². The standard InChI is InChI=1S/C37H56N2O5/c1-23(30(40)18-27(24-8-6-7-9-24)34(2,3)14-16-39-17-15-38-22-39)25-11-13-37(44)28-19-31(41)29-20-32(42)33(43)21-35(29,4)26(28)10-12-36(25,37)5/h15,17,19,22-23,25-26,29-30,32-33,40,42-44H,6-14,16,18,20-21H2,1-5H3/t23-,25+,26-,29-,30+,32+,33-,35+,36+,37+/m0/s1. The van der Waals surface area contributed by atoms with E-state index in [9.17, 15) is 25.2 Å². The van der Waals surface area contributed by atoms with E-state index < -0.39 is 34.7 Å². The van der Waals surface area contributed by atoms with E-state index in [2.05, 4.69) is 44.2 Å². The molecule has 0 bridgehead atoms. The second-order valence-corrected chi connectivity index (χ2v) is 16.5. The van der Waals surface area contributed by atoms with Crippen LogP contribution in [0.4, 0.5) is 0 Å². The first-order chi connectivity index (χ1) is 20.7. The van der Waals surface area contributed by atoms with Gasteiger partial charge in [0.2, 0.25) is 0 Å².